The number of methoxy groups -OCH3 is 2. The van der Waals surface area contributed by atoms with Crippen LogP contribution in [-0.2, 0) is 0 Å². The second-order valence-electron chi connectivity index (χ2n) is 3.55. The molecule has 0 bridgehead atoms. The molecular formula is C12H15N3O2S. The van der Waals surface area contributed by atoms with Crippen LogP contribution in [0.1, 0.15) is 11.6 Å². The normalized spacial score (nSPS) is 17.9. The number of thioether (sulfide) groups is 1. The van der Waals surface area contributed by atoms with Crippen LogP contribution in [0.25, 0.3) is 0 Å². The Labute approximate surface area is 110 Å². The molecule has 0 spiro atoms. The lowest BCUT2D eigenvalue weighted by Crippen LogP contribution is -2.21. The number of amidine groups is 1. The maximum atomic E-state index is 5.37. The van der Waals surface area contributed by atoms with Gasteiger partial charge >= 0.3 is 0 Å². The average molecular weight is 265 g/mol. The van der Waals surface area contributed by atoms with Crippen molar-refractivity contribution in [3.05, 3.63) is 23.8 Å². The Morgan fingerprint density at radius 1 is 1.22 bits per heavy atom. The number of nitrogens with zero attached hydrogens (tertiary/aromatic N) is 2. The number of hydrazone groups is 1. The highest BCUT2D eigenvalue weighted by Gasteiger charge is 2.21. The topological polar surface area (TPSA) is 55.2 Å². The van der Waals surface area contributed by atoms with E-state index < -0.39 is 0 Å². The first-order chi connectivity index (χ1) is 8.80. The third-order valence-corrected chi connectivity index (χ3v) is 3.17. The molecule has 1 aromatic carbocycles. The first-order valence-electron chi connectivity index (χ1n) is 5.42. The summed E-state index contributed by atoms with van der Waals surface area (Å²) in [5.41, 5.74) is 3.73. The molecule has 0 amide bonds. The van der Waals surface area contributed by atoms with Gasteiger partial charge in [-0.15, -0.1) is 0 Å². The smallest absolute Gasteiger partial charge is 0.177 e. The summed E-state index contributed by atoms with van der Waals surface area (Å²) >= 11 is 1.51. The minimum absolute atomic E-state index is 0.195. The van der Waals surface area contributed by atoms with Crippen LogP contribution in [0, 0.1) is 0 Å². The van der Waals surface area contributed by atoms with Crippen LogP contribution in [0.5, 0.6) is 11.5 Å². The first kappa shape index (κ1) is 12.8. The molecule has 1 atom stereocenters. The van der Waals surface area contributed by atoms with Crippen LogP contribution in [0.3, 0.4) is 0 Å². The van der Waals surface area contributed by atoms with E-state index in [1.807, 2.05) is 24.5 Å². The highest BCUT2D eigenvalue weighted by atomic mass is 32.2. The molecular weight excluding hydrogens is 250 g/mol. The summed E-state index contributed by atoms with van der Waals surface area (Å²) in [5.74, 6) is 1.49. The molecule has 1 aliphatic heterocycles. The van der Waals surface area contributed by atoms with E-state index in [1.165, 1.54) is 11.8 Å². The first-order valence-corrected chi connectivity index (χ1v) is 6.64. The summed E-state index contributed by atoms with van der Waals surface area (Å²) in [7, 11) is 3.27. The van der Waals surface area contributed by atoms with Crippen LogP contribution in [0.15, 0.2) is 28.3 Å². The van der Waals surface area contributed by atoms with Gasteiger partial charge in [-0.25, -0.2) is 4.99 Å². The van der Waals surface area contributed by atoms with Crippen molar-refractivity contribution in [3.63, 3.8) is 0 Å². The molecule has 1 aromatic rings. The van der Waals surface area contributed by atoms with Crippen molar-refractivity contribution in [2.45, 2.75) is 6.04 Å². The van der Waals surface area contributed by atoms with E-state index in [4.69, 9.17) is 9.47 Å². The standard InChI is InChI=1S/C12H15N3O2S/c1-16-9-5-4-6-10(17-2)11(9)8-7-13-15-12(14-8)18-3/h4-8H,1-3H3,(H,14,15). The van der Waals surface area contributed by atoms with Gasteiger partial charge in [-0.3, -0.25) is 5.43 Å². The van der Waals surface area contributed by atoms with Gasteiger partial charge in [0.2, 0.25) is 0 Å². The zero-order chi connectivity index (χ0) is 13.0. The van der Waals surface area contributed by atoms with E-state index in [0.29, 0.717) is 0 Å². The molecule has 18 heavy (non-hydrogen) atoms. The maximum absolute atomic E-state index is 5.37. The van der Waals surface area contributed by atoms with Crippen molar-refractivity contribution >= 4 is 23.1 Å². The minimum atomic E-state index is -0.195. The third-order valence-electron chi connectivity index (χ3n) is 2.59. The maximum Gasteiger partial charge on any atom is 0.177 e. The van der Waals surface area contributed by atoms with Crippen LogP contribution < -0.4 is 14.9 Å². The fourth-order valence-electron chi connectivity index (χ4n) is 1.76. The van der Waals surface area contributed by atoms with Gasteiger partial charge in [-0.1, -0.05) is 17.8 Å². The van der Waals surface area contributed by atoms with Crippen molar-refractivity contribution in [1.82, 2.24) is 5.43 Å². The highest BCUT2D eigenvalue weighted by molar-refractivity contribution is 8.13. The molecule has 1 N–H and O–H groups in total. The zero-order valence-corrected chi connectivity index (χ0v) is 11.3. The third kappa shape index (κ3) is 2.43. The molecule has 0 aromatic heterocycles. The molecule has 0 saturated carbocycles. The molecule has 1 heterocycles. The predicted molar refractivity (Wildman–Crippen MR) is 74.9 cm³/mol. The number of rotatable bonds is 3. The van der Waals surface area contributed by atoms with Gasteiger partial charge in [-0.05, 0) is 18.4 Å². The number of hydrogen-bond acceptors (Lipinski definition) is 6. The lowest BCUT2D eigenvalue weighted by molar-refractivity contribution is 0.384. The Balaban J connectivity index is 2.46. The molecule has 0 radical (unpaired) electrons. The summed E-state index contributed by atoms with van der Waals surface area (Å²) in [4.78, 5) is 4.55. The number of benzene rings is 1. The van der Waals surface area contributed by atoms with Crippen molar-refractivity contribution in [3.8, 4) is 11.5 Å². The van der Waals surface area contributed by atoms with Crippen molar-refractivity contribution in [2.75, 3.05) is 20.5 Å². The fourth-order valence-corrected chi connectivity index (χ4v) is 2.12. The van der Waals surface area contributed by atoms with E-state index in [9.17, 15) is 0 Å². The van der Waals surface area contributed by atoms with Crippen LogP contribution in [-0.4, -0.2) is 31.9 Å². The molecule has 0 aliphatic carbocycles. The lowest BCUT2D eigenvalue weighted by Gasteiger charge is -2.19. The Kier molecular flexibility index (Phi) is 4.09. The fraction of sp³-hybridized carbons (Fsp3) is 0.333. The summed E-state index contributed by atoms with van der Waals surface area (Å²) in [5, 5.41) is 4.87. The second-order valence-corrected chi connectivity index (χ2v) is 4.34. The molecule has 0 fully saturated rings. The van der Waals surface area contributed by atoms with E-state index >= 15 is 0 Å². The van der Waals surface area contributed by atoms with Gasteiger partial charge in [-0.2, -0.15) is 5.10 Å². The van der Waals surface area contributed by atoms with Gasteiger partial charge in [0.1, 0.15) is 17.5 Å². The number of hydrogen-bond donors (Lipinski definition) is 1. The Hall–Kier alpha value is -1.69. The average Bonchev–Trinajstić information content (AvgIpc) is 2.46. The number of aliphatic imine (C=N–C) groups is 1. The van der Waals surface area contributed by atoms with Crippen LogP contribution >= 0.6 is 11.8 Å². The van der Waals surface area contributed by atoms with E-state index in [1.54, 1.807) is 20.4 Å². The molecule has 5 nitrogen and oxygen atoms in total. The van der Waals surface area contributed by atoms with E-state index in [0.717, 1.165) is 22.2 Å². The zero-order valence-electron chi connectivity index (χ0n) is 10.5. The SMILES string of the molecule is COc1cccc(OC)c1C1C=NNC(SC)=N1. The van der Waals surface area contributed by atoms with Crippen LogP contribution in [0.4, 0.5) is 0 Å². The Morgan fingerprint density at radius 2 is 1.89 bits per heavy atom. The minimum Gasteiger partial charge on any atom is -0.496 e. The highest BCUT2D eigenvalue weighted by Crippen LogP contribution is 2.35. The molecule has 1 aliphatic rings. The Bertz CT molecular complexity index is 466. The Morgan fingerprint density at radius 3 is 2.44 bits per heavy atom. The lowest BCUT2D eigenvalue weighted by atomic mass is 10.1. The van der Waals surface area contributed by atoms with Gasteiger partial charge in [0.15, 0.2) is 5.17 Å². The van der Waals surface area contributed by atoms with Crippen molar-refractivity contribution < 1.29 is 9.47 Å². The van der Waals surface area contributed by atoms with Crippen molar-refractivity contribution in [1.29, 1.82) is 0 Å². The van der Waals surface area contributed by atoms with Gasteiger partial charge in [0.25, 0.3) is 0 Å². The summed E-state index contributed by atoms with van der Waals surface area (Å²) in [6.45, 7) is 0. The largest absolute Gasteiger partial charge is 0.496 e. The molecule has 1 unspecified atom stereocenters. The predicted octanol–water partition coefficient (Wildman–Crippen LogP) is 2.05. The van der Waals surface area contributed by atoms with Crippen LogP contribution in [0.2, 0.25) is 0 Å². The molecule has 6 heteroatoms. The number of nitrogens with one attached hydrogen (secondary N) is 1. The summed E-state index contributed by atoms with van der Waals surface area (Å²) < 4.78 is 10.7. The molecule has 0 saturated heterocycles. The summed E-state index contributed by atoms with van der Waals surface area (Å²) in [6.07, 6.45) is 3.68. The van der Waals surface area contributed by atoms with Gasteiger partial charge in [0.05, 0.1) is 26.0 Å². The summed E-state index contributed by atoms with van der Waals surface area (Å²) in [6, 6.07) is 5.47. The van der Waals surface area contributed by atoms with Gasteiger partial charge < -0.3 is 9.47 Å². The quantitative estimate of drug-likeness (QED) is 0.909. The van der Waals surface area contributed by atoms with E-state index in [2.05, 4.69) is 15.5 Å². The number of ether oxygens (including phenoxy) is 2. The van der Waals surface area contributed by atoms with Crippen molar-refractivity contribution in [2.24, 2.45) is 10.1 Å². The molecule has 2 rings (SSSR count). The molecule has 96 valence electrons. The van der Waals surface area contributed by atoms with Gasteiger partial charge in [0, 0.05) is 0 Å². The monoisotopic (exact) mass is 265 g/mol. The second kappa shape index (κ2) is 5.77. The van der Waals surface area contributed by atoms with E-state index in [-0.39, 0.29) is 6.04 Å².